The van der Waals surface area contributed by atoms with E-state index in [9.17, 15) is 18.4 Å². The Labute approximate surface area is 115 Å². The molecule has 1 aromatic carbocycles. The number of halogens is 2. The number of rotatable bonds is 6. The average molecular weight is 285 g/mol. The van der Waals surface area contributed by atoms with Gasteiger partial charge in [-0.3, -0.25) is 9.59 Å². The van der Waals surface area contributed by atoms with Crippen LogP contribution in [0.1, 0.15) is 19.4 Å². The molecule has 0 aromatic heterocycles. The molecule has 0 saturated carbocycles. The molecule has 0 aliphatic rings. The lowest BCUT2D eigenvalue weighted by Crippen LogP contribution is -2.36. The lowest BCUT2D eigenvalue weighted by Gasteiger charge is -2.16. The van der Waals surface area contributed by atoms with Crippen molar-refractivity contribution in [3.63, 3.8) is 0 Å². The van der Waals surface area contributed by atoms with Crippen LogP contribution in [0, 0.1) is 23.5 Å². The lowest BCUT2D eigenvalue weighted by molar-refractivity contribution is -0.143. The van der Waals surface area contributed by atoms with E-state index in [0.29, 0.717) is 6.07 Å². The Bertz CT molecular complexity index is 503. The van der Waals surface area contributed by atoms with E-state index >= 15 is 0 Å². The highest BCUT2D eigenvalue weighted by Crippen LogP contribution is 2.12. The van der Waals surface area contributed by atoms with Gasteiger partial charge in [0.2, 0.25) is 5.91 Å². The van der Waals surface area contributed by atoms with Crippen LogP contribution < -0.4 is 5.32 Å². The van der Waals surface area contributed by atoms with Gasteiger partial charge in [-0.05, 0) is 17.5 Å². The minimum absolute atomic E-state index is 0.0192. The van der Waals surface area contributed by atoms with Crippen LogP contribution in [0.3, 0.4) is 0 Å². The largest absolute Gasteiger partial charge is 0.481 e. The highest BCUT2D eigenvalue weighted by atomic mass is 19.1. The molecule has 0 fully saturated rings. The standard InChI is InChI=1S/C14H17F2NO3/c1-8(2)11(14(19)20)7-17-13(18)5-9-3-4-10(15)6-12(9)16/h3-4,6,8,11H,5,7H2,1-2H3,(H,17,18)(H,19,20). The minimum atomic E-state index is -0.992. The van der Waals surface area contributed by atoms with Gasteiger partial charge >= 0.3 is 5.97 Å². The molecule has 0 bridgehead atoms. The van der Waals surface area contributed by atoms with Gasteiger partial charge in [-0.15, -0.1) is 0 Å². The van der Waals surface area contributed by atoms with Crippen molar-refractivity contribution < 1.29 is 23.5 Å². The molecule has 0 saturated heterocycles. The number of hydrogen-bond acceptors (Lipinski definition) is 2. The first-order valence-electron chi connectivity index (χ1n) is 6.24. The van der Waals surface area contributed by atoms with Crippen molar-refractivity contribution in [1.82, 2.24) is 5.32 Å². The molecule has 0 aliphatic heterocycles. The Morgan fingerprint density at radius 3 is 2.45 bits per heavy atom. The van der Waals surface area contributed by atoms with Crippen molar-refractivity contribution in [2.24, 2.45) is 11.8 Å². The Kier molecular flexibility index (Phi) is 5.61. The number of nitrogens with one attached hydrogen (secondary N) is 1. The van der Waals surface area contributed by atoms with Gasteiger partial charge < -0.3 is 10.4 Å². The summed E-state index contributed by atoms with van der Waals surface area (Å²) in [4.78, 5) is 22.6. The van der Waals surface area contributed by atoms with E-state index in [2.05, 4.69) is 5.32 Å². The molecule has 20 heavy (non-hydrogen) atoms. The summed E-state index contributed by atoms with van der Waals surface area (Å²) in [5, 5.41) is 11.4. The van der Waals surface area contributed by atoms with Crippen molar-refractivity contribution in [3.05, 3.63) is 35.4 Å². The molecule has 1 rings (SSSR count). The van der Waals surface area contributed by atoms with Gasteiger partial charge in [0, 0.05) is 12.6 Å². The van der Waals surface area contributed by atoms with Crippen molar-refractivity contribution >= 4 is 11.9 Å². The Balaban J connectivity index is 2.57. The number of carbonyl (C=O) groups is 2. The maximum atomic E-state index is 13.4. The number of hydrogen-bond donors (Lipinski definition) is 2. The predicted octanol–water partition coefficient (Wildman–Crippen LogP) is 1.98. The zero-order chi connectivity index (χ0) is 15.3. The fourth-order valence-electron chi connectivity index (χ4n) is 1.73. The third kappa shape index (κ3) is 4.60. The normalized spacial score (nSPS) is 12.2. The van der Waals surface area contributed by atoms with Crippen molar-refractivity contribution in [2.75, 3.05) is 6.54 Å². The average Bonchev–Trinajstić information content (AvgIpc) is 2.32. The first kappa shape index (κ1) is 16.1. The molecule has 4 nitrogen and oxygen atoms in total. The van der Waals surface area contributed by atoms with Gasteiger partial charge in [0.1, 0.15) is 11.6 Å². The first-order chi connectivity index (χ1) is 9.31. The van der Waals surface area contributed by atoms with Crippen LogP contribution >= 0.6 is 0 Å². The van der Waals surface area contributed by atoms with Gasteiger partial charge in [-0.25, -0.2) is 8.78 Å². The van der Waals surface area contributed by atoms with E-state index in [4.69, 9.17) is 5.11 Å². The third-order valence-electron chi connectivity index (χ3n) is 3.01. The summed E-state index contributed by atoms with van der Waals surface area (Å²) in [5.74, 6) is -3.82. The number of carboxylic acids is 1. The number of benzene rings is 1. The van der Waals surface area contributed by atoms with Crippen LogP contribution in [0.25, 0.3) is 0 Å². The summed E-state index contributed by atoms with van der Waals surface area (Å²) < 4.78 is 26.1. The van der Waals surface area contributed by atoms with Crippen LogP contribution in [-0.2, 0) is 16.0 Å². The highest BCUT2D eigenvalue weighted by molar-refractivity contribution is 5.79. The van der Waals surface area contributed by atoms with Crippen LogP contribution in [0.4, 0.5) is 8.78 Å². The topological polar surface area (TPSA) is 66.4 Å². The maximum Gasteiger partial charge on any atom is 0.308 e. The molecule has 0 radical (unpaired) electrons. The van der Waals surface area contributed by atoms with E-state index in [1.165, 1.54) is 6.07 Å². The summed E-state index contributed by atoms with van der Waals surface area (Å²) in [6.07, 6.45) is -0.253. The van der Waals surface area contributed by atoms with E-state index in [0.717, 1.165) is 6.07 Å². The first-order valence-corrected chi connectivity index (χ1v) is 6.24. The molecule has 110 valence electrons. The smallest absolute Gasteiger partial charge is 0.308 e. The lowest BCUT2D eigenvalue weighted by atomic mass is 9.96. The zero-order valence-corrected chi connectivity index (χ0v) is 11.3. The molecule has 1 aromatic rings. The predicted molar refractivity (Wildman–Crippen MR) is 69.0 cm³/mol. The van der Waals surface area contributed by atoms with Gasteiger partial charge in [0.15, 0.2) is 0 Å². The van der Waals surface area contributed by atoms with Crippen molar-refractivity contribution in [1.29, 1.82) is 0 Å². The zero-order valence-electron chi connectivity index (χ0n) is 11.3. The van der Waals surface area contributed by atoms with Crippen LogP contribution in [-0.4, -0.2) is 23.5 Å². The summed E-state index contributed by atoms with van der Waals surface area (Å²) in [6, 6.07) is 2.97. The summed E-state index contributed by atoms with van der Waals surface area (Å²) in [6.45, 7) is 3.46. The quantitative estimate of drug-likeness (QED) is 0.840. The second kappa shape index (κ2) is 6.98. The molecule has 2 N–H and O–H groups in total. The third-order valence-corrected chi connectivity index (χ3v) is 3.01. The van der Waals surface area contributed by atoms with E-state index in [-0.39, 0.29) is 24.4 Å². The fourth-order valence-corrected chi connectivity index (χ4v) is 1.73. The van der Waals surface area contributed by atoms with Crippen LogP contribution in [0.2, 0.25) is 0 Å². The summed E-state index contributed by atoms with van der Waals surface area (Å²) >= 11 is 0. The Morgan fingerprint density at radius 1 is 1.30 bits per heavy atom. The SMILES string of the molecule is CC(C)C(CNC(=O)Cc1ccc(F)cc1F)C(=O)O. The van der Waals surface area contributed by atoms with Crippen LogP contribution in [0.15, 0.2) is 18.2 Å². The van der Waals surface area contributed by atoms with E-state index < -0.39 is 29.4 Å². The Morgan fingerprint density at radius 2 is 1.95 bits per heavy atom. The fraction of sp³-hybridized carbons (Fsp3) is 0.429. The molecule has 1 amide bonds. The van der Waals surface area contributed by atoms with Crippen molar-refractivity contribution in [2.45, 2.75) is 20.3 Å². The number of carbonyl (C=O) groups excluding carboxylic acids is 1. The second-order valence-electron chi connectivity index (χ2n) is 4.91. The molecule has 1 atom stereocenters. The second-order valence-corrected chi connectivity index (χ2v) is 4.91. The Hall–Kier alpha value is -1.98. The molecule has 6 heteroatoms. The van der Waals surface area contributed by atoms with Crippen LogP contribution in [0.5, 0.6) is 0 Å². The number of aliphatic carboxylic acids is 1. The number of carboxylic acid groups (broad SMARTS) is 1. The minimum Gasteiger partial charge on any atom is -0.481 e. The molecule has 0 spiro atoms. The molecular weight excluding hydrogens is 268 g/mol. The van der Waals surface area contributed by atoms with Gasteiger partial charge in [-0.1, -0.05) is 19.9 Å². The monoisotopic (exact) mass is 285 g/mol. The maximum absolute atomic E-state index is 13.4. The van der Waals surface area contributed by atoms with Gasteiger partial charge in [-0.2, -0.15) is 0 Å². The van der Waals surface area contributed by atoms with E-state index in [1.807, 2.05) is 0 Å². The van der Waals surface area contributed by atoms with Gasteiger partial charge in [0.25, 0.3) is 0 Å². The highest BCUT2D eigenvalue weighted by Gasteiger charge is 2.22. The molecular formula is C14H17F2NO3. The molecule has 0 heterocycles. The number of amides is 1. The van der Waals surface area contributed by atoms with Crippen molar-refractivity contribution in [3.8, 4) is 0 Å². The molecule has 0 aliphatic carbocycles. The molecule has 1 unspecified atom stereocenters. The van der Waals surface area contributed by atoms with E-state index in [1.54, 1.807) is 13.8 Å². The van der Waals surface area contributed by atoms with Gasteiger partial charge in [0.05, 0.1) is 12.3 Å². The summed E-state index contributed by atoms with van der Waals surface area (Å²) in [5.41, 5.74) is 0.0697. The summed E-state index contributed by atoms with van der Waals surface area (Å²) in [7, 11) is 0.